The van der Waals surface area contributed by atoms with Crippen LogP contribution in [0.15, 0.2) is 30.3 Å². The van der Waals surface area contributed by atoms with Crippen LogP contribution in [-0.2, 0) is 6.42 Å². The molecule has 0 aliphatic carbocycles. The number of carbonyl (C=O) groups excluding carboxylic acids is 1. The summed E-state index contributed by atoms with van der Waals surface area (Å²) < 4.78 is 13.7. The minimum atomic E-state index is -0.668. The highest BCUT2D eigenvalue weighted by Gasteiger charge is 2.12. The molecule has 4 nitrogen and oxygen atoms in total. The molecule has 0 atom stereocenters. The molecule has 0 saturated carbocycles. The SMILES string of the molecule is CCc1cc(C(=O)Nc2ccc(C#N)cc2F)cc(Cl)n1. The second-order valence-corrected chi connectivity index (χ2v) is 4.67. The van der Waals surface area contributed by atoms with Gasteiger partial charge in [-0.2, -0.15) is 5.26 Å². The minimum absolute atomic E-state index is 0.00461. The monoisotopic (exact) mass is 303 g/mol. The normalized spacial score (nSPS) is 10.0. The molecule has 0 radical (unpaired) electrons. The van der Waals surface area contributed by atoms with Crippen molar-refractivity contribution in [3.05, 3.63) is 58.1 Å². The summed E-state index contributed by atoms with van der Waals surface area (Å²) in [6.45, 7) is 1.89. The lowest BCUT2D eigenvalue weighted by Gasteiger charge is -2.08. The Morgan fingerprint density at radius 1 is 1.43 bits per heavy atom. The summed E-state index contributed by atoms with van der Waals surface area (Å²) in [6, 6.07) is 8.67. The highest BCUT2D eigenvalue weighted by Crippen LogP contribution is 2.18. The fourth-order valence-electron chi connectivity index (χ4n) is 1.74. The fourth-order valence-corrected chi connectivity index (χ4v) is 1.97. The van der Waals surface area contributed by atoms with Crippen LogP contribution in [0.5, 0.6) is 0 Å². The maximum Gasteiger partial charge on any atom is 0.255 e. The van der Waals surface area contributed by atoms with Gasteiger partial charge in [-0.15, -0.1) is 0 Å². The Kier molecular flexibility index (Phi) is 4.51. The Hall–Kier alpha value is -2.45. The van der Waals surface area contributed by atoms with Gasteiger partial charge in [-0.1, -0.05) is 18.5 Å². The van der Waals surface area contributed by atoms with E-state index in [1.54, 1.807) is 6.07 Å². The number of halogens is 2. The third kappa shape index (κ3) is 3.56. The third-order valence-corrected chi connectivity index (χ3v) is 3.01. The van der Waals surface area contributed by atoms with Crippen molar-refractivity contribution in [1.82, 2.24) is 4.98 Å². The maximum absolute atomic E-state index is 13.7. The molecule has 0 aliphatic heterocycles. The molecule has 0 bridgehead atoms. The number of amides is 1. The Morgan fingerprint density at radius 2 is 2.19 bits per heavy atom. The first-order valence-electron chi connectivity index (χ1n) is 6.21. The van der Waals surface area contributed by atoms with Gasteiger partial charge in [-0.05, 0) is 36.8 Å². The van der Waals surface area contributed by atoms with Crippen molar-refractivity contribution < 1.29 is 9.18 Å². The Bertz CT molecular complexity index is 740. The highest BCUT2D eigenvalue weighted by atomic mass is 35.5. The van der Waals surface area contributed by atoms with Crippen LogP contribution >= 0.6 is 11.6 Å². The largest absolute Gasteiger partial charge is 0.319 e. The van der Waals surface area contributed by atoms with Gasteiger partial charge in [0.2, 0.25) is 0 Å². The van der Waals surface area contributed by atoms with E-state index < -0.39 is 11.7 Å². The van der Waals surface area contributed by atoms with Crippen LogP contribution in [0.1, 0.15) is 28.5 Å². The number of pyridine rings is 1. The molecular formula is C15H11ClFN3O. The number of hydrogen-bond donors (Lipinski definition) is 1. The molecule has 106 valence electrons. The number of benzene rings is 1. The fraction of sp³-hybridized carbons (Fsp3) is 0.133. The topological polar surface area (TPSA) is 65.8 Å². The molecule has 1 heterocycles. The van der Waals surface area contributed by atoms with Crippen molar-refractivity contribution in [1.29, 1.82) is 5.26 Å². The molecule has 1 amide bonds. The molecule has 0 unspecified atom stereocenters. The van der Waals surface area contributed by atoms with Crippen LogP contribution in [0.4, 0.5) is 10.1 Å². The van der Waals surface area contributed by atoms with Crippen molar-refractivity contribution in [3.63, 3.8) is 0 Å². The summed E-state index contributed by atoms with van der Waals surface area (Å²) in [5.41, 5.74) is 1.17. The predicted molar refractivity (Wildman–Crippen MR) is 77.7 cm³/mol. The van der Waals surface area contributed by atoms with Crippen LogP contribution in [0.3, 0.4) is 0 Å². The number of aromatic nitrogens is 1. The van der Waals surface area contributed by atoms with Crippen molar-refractivity contribution in [3.8, 4) is 6.07 Å². The summed E-state index contributed by atoms with van der Waals surface area (Å²) in [5, 5.41) is 11.3. The smallest absolute Gasteiger partial charge is 0.255 e. The van der Waals surface area contributed by atoms with Crippen molar-refractivity contribution in [2.45, 2.75) is 13.3 Å². The van der Waals surface area contributed by atoms with Crippen molar-refractivity contribution >= 4 is 23.2 Å². The van der Waals surface area contributed by atoms with E-state index in [4.69, 9.17) is 16.9 Å². The standard InChI is InChI=1S/C15H11ClFN3O/c1-2-11-6-10(7-14(16)19-11)15(21)20-13-4-3-9(8-18)5-12(13)17/h3-7H,2H2,1H3,(H,20,21). The van der Waals surface area contributed by atoms with E-state index in [-0.39, 0.29) is 16.4 Å². The first-order chi connectivity index (χ1) is 10.0. The summed E-state index contributed by atoms with van der Waals surface area (Å²) in [4.78, 5) is 16.2. The number of nitrogens with one attached hydrogen (secondary N) is 1. The molecule has 2 rings (SSSR count). The zero-order valence-corrected chi connectivity index (χ0v) is 11.9. The second-order valence-electron chi connectivity index (χ2n) is 4.28. The van der Waals surface area contributed by atoms with E-state index >= 15 is 0 Å². The summed E-state index contributed by atoms with van der Waals surface area (Å²) in [7, 11) is 0. The van der Waals surface area contributed by atoms with Crippen LogP contribution < -0.4 is 5.32 Å². The molecule has 2 aromatic rings. The molecular weight excluding hydrogens is 293 g/mol. The van der Waals surface area contributed by atoms with Gasteiger partial charge in [-0.3, -0.25) is 4.79 Å². The van der Waals surface area contributed by atoms with Gasteiger partial charge in [0.25, 0.3) is 5.91 Å². The number of anilines is 1. The summed E-state index contributed by atoms with van der Waals surface area (Å²) in [5.74, 6) is -1.16. The van der Waals surface area contributed by atoms with Gasteiger partial charge in [0, 0.05) is 11.3 Å². The summed E-state index contributed by atoms with van der Waals surface area (Å²) in [6.07, 6.45) is 0.631. The van der Waals surface area contributed by atoms with Crippen molar-refractivity contribution in [2.75, 3.05) is 5.32 Å². The average molecular weight is 304 g/mol. The number of hydrogen-bond acceptors (Lipinski definition) is 3. The first-order valence-corrected chi connectivity index (χ1v) is 6.58. The molecule has 0 spiro atoms. The minimum Gasteiger partial charge on any atom is -0.319 e. The number of aryl methyl sites for hydroxylation is 1. The molecule has 1 aromatic carbocycles. The van der Waals surface area contributed by atoms with E-state index in [0.717, 1.165) is 6.07 Å². The van der Waals surface area contributed by atoms with Crippen molar-refractivity contribution in [2.24, 2.45) is 0 Å². The van der Waals surface area contributed by atoms with E-state index in [1.165, 1.54) is 18.2 Å². The predicted octanol–water partition coefficient (Wildman–Crippen LogP) is 3.56. The lowest BCUT2D eigenvalue weighted by atomic mass is 10.1. The molecule has 1 N–H and O–H groups in total. The van der Waals surface area contributed by atoms with E-state index in [1.807, 2.05) is 13.0 Å². The molecule has 0 aliphatic rings. The van der Waals surface area contributed by atoms with Gasteiger partial charge in [-0.25, -0.2) is 9.37 Å². The van der Waals surface area contributed by atoms with E-state index in [9.17, 15) is 9.18 Å². The number of nitrogens with zero attached hydrogens (tertiary/aromatic N) is 2. The Labute approximate surface area is 126 Å². The third-order valence-electron chi connectivity index (χ3n) is 2.82. The highest BCUT2D eigenvalue weighted by molar-refractivity contribution is 6.29. The zero-order valence-electron chi connectivity index (χ0n) is 11.2. The van der Waals surface area contributed by atoms with Crippen LogP contribution in [0.2, 0.25) is 5.15 Å². The molecule has 1 aromatic heterocycles. The lowest BCUT2D eigenvalue weighted by molar-refractivity contribution is 0.102. The quantitative estimate of drug-likeness (QED) is 0.882. The van der Waals surface area contributed by atoms with Gasteiger partial charge < -0.3 is 5.32 Å². The van der Waals surface area contributed by atoms with Crippen LogP contribution in [0, 0.1) is 17.1 Å². The van der Waals surface area contributed by atoms with Crippen LogP contribution in [-0.4, -0.2) is 10.9 Å². The Morgan fingerprint density at radius 3 is 2.81 bits per heavy atom. The van der Waals surface area contributed by atoms with Gasteiger partial charge >= 0.3 is 0 Å². The number of nitriles is 1. The average Bonchev–Trinajstić information content (AvgIpc) is 2.48. The number of rotatable bonds is 3. The van der Waals surface area contributed by atoms with Gasteiger partial charge in [0.15, 0.2) is 0 Å². The zero-order chi connectivity index (χ0) is 15.4. The molecule has 0 saturated heterocycles. The molecule has 0 fully saturated rings. The van der Waals surface area contributed by atoms with E-state index in [0.29, 0.717) is 17.7 Å². The lowest BCUT2D eigenvalue weighted by Crippen LogP contribution is -2.14. The van der Waals surface area contributed by atoms with Gasteiger partial charge in [0.05, 0.1) is 17.3 Å². The van der Waals surface area contributed by atoms with Crippen LogP contribution in [0.25, 0.3) is 0 Å². The van der Waals surface area contributed by atoms with Gasteiger partial charge in [0.1, 0.15) is 11.0 Å². The second kappa shape index (κ2) is 6.33. The maximum atomic E-state index is 13.7. The summed E-state index contributed by atoms with van der Waals surface area (Å²) >= 11 is 5.85. The Balaban J connectivity index is 2.26. The van der Waals surface area contributed by atoms with E-state index in [2.05, 4.69) is 10.3 Å². The number of carbonyl (C=O) groups is 1. The molecule has 6 heteroatoms. The molecule has 21 heavy (non-hydrogen) atoms. The first kappa shape index (κ1) is 14.9.